The molecule has 0 aliphatic heterocycles. The van der Waals surface area contributed by atoms with Gasteiger partial charge in [0, 0.05) is 8.95 Å². The summed E-state index contributed by atoms with van der Waals surface area (Å²) in [7, 11) is 2.94. The molecule has 0 saturated carbocycles. The SMILES string of the molecule is CCC(CC)(C(=O)Oc1ccc(Br)cc1OC)C(=O)Oc1ccc(Br)cc1OC. The Labute approximate surface area is 186 Å². The molecule has 0 N–H and O–H groups in total. The smallest absolute Gasteiger partial charge is 0.329 e. The van der Waals surface area contributed by atoms with Gasteiger partial charge in [0.1, 0.15) is 0 Å². The number of esters is 2. The fraction of sp³-hybridized carbons (Fsp3) is 0.333. The van der Waals surface area contributed by atoms with Crippen LogP contribution in [0.25, 0.3) is 0 Å². The summed E-state index contributed by atoms with van der Waals surface area (Å²) >= 11 is 6.68. The number of carbonyl (C=O) groups excluding carboxylic acids is 2. The molecule has 0 amide bonds. The van der Waals surface area contributed by atoms with Crippen LogP contribution in [0.2, 0.25) is 0 Å². The fourth-order valence-electron chi connectivity index (χ4n) is 2.76. The molecule has 0 aliphatic rings. The quantitative estimate of drug-likeness (QED) is 0.254. The summed E-state index contributed by atoms with van der Waals surface area (Å²) in [5.74, 6) is -0.219. The molecule has 156 valence electrons. The summed E-state index contributed by atoms with van der Waals surface area (Å²) < 4.78 is 23.2. The number of hydrogen-bond donors (Lipinski definition) is 0. The molecule has 2 aromatic carbocycles. The van der Waals surface area contributed by atoms with E-state index in [9.17, 15) is 9.59 Å². The van der Waals surface area contributed by atoms with Crippen molar-refractivity contribution in [1.82, 2.24) is 0 Å². The van der Waals surface area contributed by atoms with Crippen molar-refractivity contribution < 1.29 is 28.5 Å². The molecule has 2 rings (SSSR count). The molecular weight excluding hydrogens is 508 g/mol. The van der Waals surface area contributed by atoms with E-state index >= 15 is 0 Å². The molecule has 6 nitrogen and oxygen atoms in total. The zero-order chi connectivity index (χ0) is 21.6. The van der Waals surface area contributed by atoms with Crippen LogP contribution in [0.5, 0.6) is 23.0 Å². The predicted octanol–water partition coefficient (Wildman–Crippen LogP) is 5.55. The highest BCUT2D eigenvalue weighted by atomic mass is 79.9. The number of hydrogen-bond acceptors (Lipinski definition) is 6. The lowest BCUT2D eigenvalue weighted by Crippen LogP contribution is -2.44. The van der Waals surface area contributed by atoms with E-state index in [0.717, 1.165) is 8.95 Å². The molecule has 0 radical (unpaired) electrons. The van der Waals surface area contributed by atoms with Crippen LogP contribution in [0.4, 0.5) is 0 Å². The van der Waals surface area contributed by atoms with Crippen molar-refractivity contribution in [2.75, 3.05) is 14.2 Å². The largest absolute Gasteiger partial charge is 0.493 e. The molecule has 2 aromatic rings. The van der Waals surface area contributed by atoms with Gasteiger partial charge in [0.2, 0.25) is 0 Å². The molecular formula is C21H22Br2O6. The maximum absolute atomic E-state index is 13.1. The van der Waals surface area contributed by atoms with E-state index in [0.29, 0.717) is 11.5 Å². The minimum atomic E-state index is -1.48. The van der Waals surface area contributed by atoms with Crippen molar-refractivity contribution in [2.24, 2.45) is 5.41 Å². The molecule has 0 fully saturated rings. The average molecular weight is 530 g/mol. The fourth-order valence-corrected chi connectivity index (χ4v) is 3.44. The molecule has 0 aromatic heterocycles. The Morgan fingerprint density at radius 1 is 0.759 bits per heavy atom. The van der Waals surface area contributed by atoms with Crippen molar-refractivity contribution in [3.05, 3.63) is 45.3 Å². The van der Waals surface area contributed by atoms with Gasteiger partial charge in [0.25, 0.3) is 0 Å². The Bertz CT molecular complexity index is 823. The van der Waals surface area contributed by atoms with E-state index in [1.54, 1.807) is 50.2 Å². The van der Waals surface area contributed by atoms with Gasteiger partial charge in [0.05, 0.1) is 14.2 Å². The standard InChI is InChI=1S/C21H22Br2O6/c1-5-21(6-2,19(24)28-15-9-7-13(22)11-17(15)26-3)20(25)29-16-10-8-14(23)12-18(16)27-4/h7-12H,5-6H2,1-4H3. The summed E-state index contributed by atoms with van der Waals surface area (Å²) in [6, 6.07) is 9.98. The Balaban J connectivity index is 2.32. The van der Waals surface area contributed by atoms with E-state index in [1.807, 2.05) is 0 Å². The second-order valence-corrected chi connectivity index (χ2v) is 7.99. The first-order valence-electron chi connectivity index (χ1n) is 8.92. The van der Waals surface area contributed by atoms with Gasteiger partial charge in [-0.2, -0.15) is 0 Å². The van der Waals surface area contributed by atoms with E-state index in [4.69, 9.17) is 18.9 Å². The molecule has 0 aliphatic carbocycles. The summed E-state index contributed by atoms with van der Waals surface area (Å²) in [6.07, 6.45) is 0.414. The Morgan fingerprint density at radius 3 is 1.45 bits per heavy atom. The number of methoxy groups -OCH3 is 2. The molecule has 0 bridgehead atoms. The van der Waals surface area contributed by atoms with Gasteiger partial charge in [-0.05, 0) is 49.2 Å². The molecule has 0 heterocycles. The van der Waals surface area contributed by atoms with Crippen molar-refractivity contribution in [2.45, 2.75) is 26.7 Å². The van der Waals surface area contributed by atoms with Crippen molar-refractivity contribution in [1.29, 1.82) is 0 Å². The van der Waals surface area contributed by atoms with Crippen LogP contribution < -0.4 is 18.9 Å². The second kappa shape index (κ2) is 10.1. The molecule has 8 heteroatoms. The van der Waals surface area contributed by atoms with Crippen LogP contribution in [0.1, 0.15) is 26.7 Å². The lowest BCUT2D eigenvalue weighted by atomic mass is 9.82. The lowest BCUT2D eigenvalue weighted by Gasteiger charge is -2.27. The van der Waals surface area contributed by atoms with E-state index < -0.39 is 17.4 Å². The van der Waals surface area contributed by atoms with E-state index in [1.165, 1.54) is 14.2 Å². The van der Waals surface area contributed by atoms with E-state index in [-0.39, 0.29) is 24.3 Å². The molecule has 0 spiro atoms. The molecule has 0 atom stereocenters. The van der Waals surface area contributed by atoms with Gasteiger partial charge in [-0.1, -0.05) is 45.7 Å². The minimum absolute atomic E-state index is 0.207. The lowest BCUT2D eigenvalue weighted by molar-refractivity contribution is -0.161. The van der Waals surface area contributed by atoms with Crippen molar-refractivity contribution in [3.63, 3.8) is 0 Å². The van der Waals surface area contributed by atoms with Crippen LogP contribution in [0, 0.1) is 5.41 Å². The number of ether oxygens (including phenoxy) is 4. The van der Waals surface area contributed by atoms with Crippen LogP contribution in [0.3, 0.4) is 0 Å². The van der Waals surface area contributed by atoms with Crippen molar-refractivity contribution >= 4 is 43.8 Å². The van der Waals surface area contributed by atoms with Gasteiger partial charge in [-0.25, -0.2) is 0 Å². The van der Waals surface area contributed by atoms with Gasteiger partial charge in [-0.3, -0.25) is 9.59 Å². The van der Waals surface area contributed by atoms with Gasteiger partial charge < -0.3 is 18.9 Å². The average Bonchev–Trinajstić information content (AvgIpc) is 2.71. The highest BCUT2D eigenvalue weighted by Crippen LogP contribution is 2.37. The Morgan fingerprint density at radius 2 is 1.14 bits per heavy atom. The summed E-state index contributed by atoms with van der Waals surface area (Å²) in [5.41, 5.74) is -1.48. The van der Waals surface area contributed by atoms with Crippen LogP contribution in [-0.2, 0) is 9.59 Å². The highest BCUT2D eigenvalue weighted by Gasteiger charge is 2.47. The highest BCUT2D eigenvalue weighted by molar-refractivity contribution is 9.10. The van der Waals surface area contributed by atoms with Gasteiger partial charge in [0.15, 0.2) is 28.4 Å². The second-order valence-electron chi connectivity index (χ2n) is 6.16. The summed E-state index contributed by atoms with van der Waals surface area (Å²) in [4.78, 5) is 26.1. The van der Waals surface area contributed by atoms with E-state index in [2.05, 4.69) is 31.9 Å². The Kier molecular flexibility index (Phi) is 8.10. The topological polar surface area (TPSA) is 71.1 Å². The number of benzene rings is 2. The predicted molar refractivity (Wildman–Crippen MR) is 116 cm³/mol. The number of halogens is 2. The maximum Gasteiger partial charge on any atom is 0.329 e. The van der Waals surface area contributed by atoms with Crippen LogP contribution in [0.15, 0.2) is 45.3 Å². The first-order valence-corrected chi connectivity index (χ1v) is 10.5. The van der Waals surface area contributed by atoms with Gasteiger partial charge in [-0.15, -0.1) is 0 Å². The van der Waals surface area contributed by atoms with Crippen LogP contribution in [-0.4, -0.2) is 26.2 Å². The molecule has 0 unspecified atom stereocenters. The maximum atomic E-state index is 13.1. The van der Waals surface area contributed by atoms with Gasteiger partial charge >= 0.3 is 11.9 Å². The first-order chi connectivity index (χ1) is 13.8. The first kappa shape index (κ1) is 23.2. The third-order valence-corrected chi connectivity index (χ3v) is 5.63. The Hall–Kier alpha value is -2.06. The summed E-state index contributed by atoms with van der Waals surface area (Å²) in [5, 5.41) is 0. The summed E-state index contributed by atoms with van der Waals surface area (Å²) in [6.45, 7) is 3.48. The van der Waals surface area contributed by atoms with Crippen molar-refractivity contribution in [3.8, 4) is 23.0 Å². The monoisotopic (exact) mass is 528 g/mol. The normalized spacial score (nSPS) is 11.0. The number of carbonyl (C=O) groups is 2. The zero-order valence-electron chi connectivity index (χ0n) is 16.6. The minimum Gasteiger partial charge on any atom is -0.493 e. The number of rotatable bonds is 8. The van der Waals surface area contributed by atoms with Crippen LogP contribution >= 0.6 is 31.9 Å². The third-order valence-electron chi connectivity index (χ3n) is 4.65. The molecule has 0 saturated heterocycles. The zero-order valence-corrected chi connectivity index (χ0v) is 19.8. The third kappa shape index (κ3) is 5.11. The molecule has 29 heavy (non-hydrogen) atoms.